The number of rotatable bonds is 4. The molecule has 2 heterocycles. The molecule has 0 bridgehead atoms. The van der Waals surface area contributed by atoms with Crippen LogP contribution in [0.4, 0.5) is 0 Å². The minimum Gasteiger partial charge on any atom is -0.309 e. The summed E-state index contributed by atoms with van der Waals surface area (Å²) in [5.41, 5.74) is 12.0. The predicted molar refractivity (Wildman–Crippen MR) is 256 cm³/mol. The lowest BCUT2D eigenvalue weighted by Crippen LogP contribution is -1.97. The van der Waals surface area contributed by atoms with Crippen molar-refractivity contribution < 1.29 is 0 Å². The van der Waals surface area contributed by atoms with E-state index in [1.54, 1.807) is 0 Å². The second-order valence-electron chi connectivity index (χ2n) is 16.0. The summed E-state index contributed by atoms with van der Waals surface area (Å²) in [4.78, 5) is 0. The molecule has 13 rings (SSSR count). The zero-order valence-electron chi connectivity index (χ0n) is 32.7. The van der Waals surface area contributed by atoms with E-state index in [1.807, 2.05) is 0 Å². The topological polar surface area (TPSA) is 9.86 Å². The second kappa shape index (κ2) is 12.8. The number of nitrogens with zero attached hydrogens (tertiary/aromatic N) is 2. The number of fused-ring (bicyclic) bond motifs is 14. The fourth-order valence-corrected chi connectivity index (χ4v) is 10.2. The van der Waals surface area contributed by atoms with Crippen LogP contribution in [0, 0.1) is 0 Å². The largest absolute Gasteiger partial charge is 0.309 e. The molecule has 0 aliphatic carbocycles. The van der Waals surface area contributed by atoms with Crippen molar-refractivity contribution in [2.45, 2.75) is 0 Å². The Labute approximate surface area is 346 Å². The van der Waals surface area contributed by atoms with Crippen LogP contribution in [0.15, 0.2) is 218 Å². The van der Waals surface area contributed by atoms with Gasteiger partial charge in [0.1, 0.15) is 0 Å². The van der Waals surface area contributed by atoms with Crippen molar-refractivity contribution in [2.75, 3.05) is 0 Å². The lowest BCUT2D eigenvalue weighted by atomic mass is 9.90. The Kier molecular flexibility index (Phi) is 7.05. The molecule has 2 nitrogen and oxygen atoms in total. The first-order valence-corrected chi connectivity index (χ1v) is 20.8. The highest BCUT2D eigenvalue weighted by atomic mass is 15.0. The summed E-state index contributed by atoms with van der Waals surface area (Å²) in [6, 6.07) is 80.5. The monoisotopic (exact) mass is 760 g/mol. The number of benzene rings is 11. The van der Waals surface area contributed by atoms with Gasteiger partial charge in [-0.05, 0) is 115 Å². The molecule has 0 fully saturated rings. The molecule has 2 heteroatoms. The molecule has 0 spiro atoms. The average molecular weight is 761 g/mol. The van der Waals surface area contributed by atoms with E-state index < -0.39 is 0 Å². The van der Waals surface area contributed by atoms with Gasteiger partial charge in [0, 0.05) is 32.6 Å². The second-order valence-corrected chi connectivity index (χ2v) is 16.0. The van der Waals surface area contributed by atoms with Crippen molar-refractivity contribution in [1.82, 2.24) is 9.13 Å². The van der Waals surface area contributed by atoms with Gasteiger partial charge in [0.05, 0.1) is 27.8 Å². The Morgan fingerprint density at radius 3 is 1.30 bits per heavy atom. The van der Waals surface area contributed by atoms with E-state index >= 15 is 0 Å². The SMILES string of the molecule is c1ccc(-c2cccc(-n3c4ccccc4c4cc(-c5ccc6c(c5)c5ccccc5n6-c5cc6c7ccccc7c7ccccc7c6c6ccccc56)ccc43)c2)cc1. The van der Waals surface area contributed by atoms with Gasteiger partial charge in [-0.15, -0.1) is 0 Å². The van der Waals surface area contributed by atoms with E-state index in [0.717, 1.165) is 5.69 Å². The molecule has 11 aromatic carbocycles. The van der Waals surface area contributed by atoms with Crippen molar-refractivity contribution in [3.63, 3.8) is 0 Å². The first-order chi connectivity index (χ1) is 29.8. The molecule has 2 aromatic heterocycles. The van der Waals surface area contributed by atoms with E-state index in [2.05, 4.69) is 228 Å². The minimum atomic E-state index is 1.16. The van der Waals surface area contributed by atoms with E-state index in [1.165, 1.54) is 115 Å². The van der Waals surface area contributed by atoms with Gasteiger partial charge in [-0.3, -0.25) is 0 Å². The van der Waals surface area contributed by atoms with Crippen LogP contribution in [0.5, 0.6) is 0 Å². The molecule has 0 N–H and O–H groups in total. The summed E-state index contributed by atoms with van der Waals surface area (Å²) < 4.78 is 4.91. The highest BCUT2D eigenvalue weighted by Crippen LogP contribution is 2.44. The summed E-state index contributed by atoms with van der Waals surface area (Å²) in [6.07, 6.45) is 0. The van der Waals surface area contributed by atoms with Gasteiger partial charge in [-0.2, -0.15) is 0 Å². The summed E-state index contributed by atoms with van der Waals surface area (Å²) in [5.74, 6) is 0. The van der Waals surface area contributed by atoms with Gasteiger partial charge >= 0.3 is 0 Å². The van der Waals surface area contributed by atoms with E-state index in [0.29, 0.717) is 0 Å². The first kappa shape index (κ1) is 33.1. The van der Waals surface area contributed by atoms with Crippen LogP contribution in [0.2, 0.25) is 0 Å². The molecule has 0 saturated heterocycles. The van der Waals surface area contributed by atoms with Crippen LogP contribution < -0.4 is 0 Å². The van der Waals surface area contributed by atoms with Crippen molar-refractivity contribution in [1.29, 1.82) is 0 Å². The maximum Gasteiger partial charge on any atom is 0.0547 e. The third-order valence-electron chi connectivity index (χ3n) is 12.9. The number of hydrogen-bond donors (Lipinski definition) is 0. The van der Waals surface area contributed by atoms with Gasteiger partial charge < -0.3 is 9.13 Å². The normalized spacial score (nSPS) is 12.0. The molecule has 278 valence electrons. The Morgan fingerprint density at radius 2 is 0.650 bits per heavy atom. The quantitative estimate of drug-likeness (QED) is 0.158. The molecule has 0 aliphatic rings. The zero-order chi connectivity index (χ0) is 39.3. The van der Waals surface area contributed by atoms with Crippen LogP contribution in [0.25, 0.3) is 120 Å². The van der Waals surface area contributed by atoms with Crippen molar-refractivity contribution >= 4 is 86.7 Å². The van der Waals surface area contributed by atoms with Gasteiger partial charge in [0.2, 0.25) is 0 Å². The highest BCUT2D eigenvalue weighted by Gasteiger charge is 2.20. The third-order valence-corrected chi connectivity index (χ3v) is 12.9. The van der Waals surface area contributed by atoms with Crippen LogP contribution in [0.1, 0.15) is 0 Å². The van der Waals surface area contributed by atoms with E-state index in [4.69, 9.17) is 0 Å². The minimum absolute atomic E-state index is 1.16. The highest BCUT2D eigenvalue weighted by molar-refractivity contribution is 6.32. The van der Waals surface area contributed by atoms with Gasteiger partial charge in [-0.1, -0.05) is 164 Å². The molecular formula is C58H36N2. The Morgan fingerprint density at radius 1 is 0.217 bits per heavy atom. The summed E-state index contributed by atoms with van der Waals surface area (Å²) in [5, 5.41) is 15.3. The third kappa shape index (κ3) is 4.76. The zero-order valence-corrected chi connectivity index (χ0v) is 32.7. The van der Waals surface area contributed by atoms with E-state index in [-0.39, 0.29) is 0 Å². The van der Waals surface area contributed by atoms with E-state index in [9.17, 15) is 0 Å². The van der Waals surface area contributed by atoms with Gasteiger partial charge in [0.15, 0.2) is 0 Å². The van der Waals surface area contributed by atoms with Gasteiger partial charge in [0.25, 0.3) is 0 Å². The predicted octanol–water partition coefficient (Wildman–Crippen LogP) is 15.8. The smallest absolute Gasteiger partial charge is 0.0547 e. The number of para-hydroxylation sites is 2. The molecule has 0 saturated carbocycles. The van der Waals surface area contributed by atoms with Gasteiger partial charge in [-0.25, -0.2) is 0 Å². The van der Waals surface area contributed by atoms with Crippen LogP contribution in [-0.4, -0.2) is 9.13 Å². The fraction of sp³-hybridized carbons (Fsp3) is 0. The maximum atomic E-state index is 2.50. The van der Waals surface area contributed by atoms with Crippen molar-refractivity contribution in [2.24, 2.45) is 0 Å². The lowest BCUT2D eigenvalue weighted by molar-refractivity contribution is 1.18. The standard InChI is InChI=1S/C58H36N2/c1-2-15-37(16-3-1)38-17-14-18-41(33-38)59-53-27-12-10-23-46(53)50-34-39(29-31-55(50)59)40-30-32-56-51(35-40)47-24-11-13-28-54(47)60(56)57-36-52-44-21-5-4-19-42(44)43-20-6-8-25-48(43)58(52)49-26-9-7-22-45(49)57/h1-36H. The first-order valence-electron chi connectivity index (χ1n) is 20.8. The summed E-state index contributed by atoms with van der Waals surface area (Å²) in [6.45, 7) is 0. The number of hydrogen-bond acceptors (Lipinski definition) is 0. The van der Waals surface area contributed by atoms with Crippen LogP contribution in [-0.2, 0) is 0 Å². The van der Waals surface area contributed by atoms with Crippen LogP contribution >= 0.6 is 0 Å². The maximum absolute atomic E-state index is 2.50. The number of aromatic nitrogens is 2. The lowest BCUT2D eigenvalue weighted by Gasteiger charge is -2.17. The summed E-state index contributed by atoms with van der Waals surface area (Å²) in [7, 11) is 0. The average Bonchev–Trinajstić information content (AvgIpc) is 3.83. The van der Waals surface area contributed by atoms with Crippen LogP contribution in [0.3, 0.4) is 0 Å². The molecule has 60 heavy (non-hydrogen) atoms. The molecule has 0 amide bonds. The Balaban J connectivity index is 1.02. The molecule has 0 unspecified atom stereocenters. The van der Waals surface area contributed by atoms with Crippen molar-refractivity contribution in [3.8, 4) is 33.6 Å². The summed E-state index contributed by atoms with van der Waals surface area (Å²) >= 11 is 0. The fourth-order valence-electron chi connectivity index (χ4n) is 10.2. The molecule has 0 aliphatic heterocycles. The molecule has 0 radical (unpaired) electrons. The molecule has 13 aromatic rings. The molecule has 0 atom stereocenters. The Bertz CT molecular complexity index is 3880. The molecular weight excluding hydrogens is 725 g/mol. The Hall–Kier alpha value is -7.94. The van der Waals surface area contributed by atoms with Crippen molar-refractivity contribution in [3.05, 3.63) is 218 Å².